The Labute approximate surface area is 120 Å². The molecule has 1 aromatic rings. The third kappa shape index (κ3) is 2.90. The highest BCUT2D eigenvalue weighted by molar-refractivity contribution is 7.16. The molecule has 19 heavy (non-hydrogen) atoms. The van der Waals surface area contributed by atoms with Crippen LogP contribution < -0.4 is 4.90 Å². The van der Waals surface area contributed by atoms with Crippen molar-refractivity contribution in [3.8, 4) is 0 Å². The van der Waals surface area contributed by atoms with Crippen molar-refractivity contribution in [1.82, 2.24) is 4.98 Å². The molecule has 1 saturated heterocycles. The fourth-order valence-corrected chi connectivity index (χ4v) is 3.09. The Morgan fingerprint density at radius 2 is 2.37 bits per heavy atom. The molecule has 7 heteroatoms. The third-order valence-electron chi connectivity index (χ3n) is 2.91. The Hall–Kier alpha value is -1.14. The molecule has 5 nitrogen and oxygen atoms in total. The summed E-state index contributed by atoms with van der Waals surface area (Å²) in [7, 11) is 0. The zero-order chi connectivity index (χ0) is 14.0. The lowest BCUT2D eigenvalue weighted by Gasteiger charge is -2.11. The second kappa shape index (κ2) is 5.88. The standard InChI is InChI=1S/C12H15ClN2O3S/c1-3-18-11(17)10-7(2)19-12(14-10)15-6-8(5-13)4-9(15)16/h8H,3-6H2,1-2H3. The number of carbonyl (C=O) groups is 2. The minimum atomic E-state index is -0.442. The number of hydrogen-bond acceptors (Lipinski definition) is 5. The monoisotopic (exact) mass is 302 g/mol. The van der Waals surface area contributed by atoms with Crippen LogP contribution in [-0.2, 0) is 9.53 Å². The molecule has 0 aromatic carbocycles. The smallest absolute Gasteiger partial charge is 0.358 e. The van der Waals surface area contributed by atoms with Gasteiger partial charge in [0.25, 0.3) is 0 Å². The van der Waals surface area contributed by atoms with Crippen LogP contribution in [0.4, 0.5) is 5.13 Å². The molecule has 2 heterocycles. The molecular formula is C12H15ClN2O3S. The number of halogens is 1. The van der Waals surface area contributed by atoms with Gasteiger partial charge in [0.15, 0.2) is 10.8 Å². The fraction of sp³-hybridized carbons (Fsp3) is 0.583. The number of nitrogens with zero attached hydrogens (tertiary/aromatic N) is 2. The minimum Gasteiger partial charge on any atom is -0.461 e. The van der Waals surface area contributed by atoms with Crippen molar-refractivity contribution in [3.05, 3.63) is 10.6 Å². The molecule has 1 unspecified atom stereocenters. The Kier molecular flexibility index (Phi) is 4.42. The number of thiazole rings is 1. The van der Waals surface area contributed by atoms with Gasteiger partial charge in [-0.05, 0) is 19.8 Å². The Balaban J connectivity index is 2.20. The average Bonchev–Trinajstić information content (AvgIpc) is 2.92. The van der Waals surface area contributed by atoms with Crippen LogP contribution in [0.5, 0.6) is 0 Å². The first-order valence-electron chi connectivity index (χ1n) is 6.07. The van der Waals surface area contributed by atoms with Gasteiger partial charge in [0.05, 0.1) is 6.61 Å². The van der Waals surface area contributed by atoms with Crippen molar-refractivity contribution in [2.24, 2.45) is 5.92 Å². The highest BCUT2D eigenvalue weighted by Gasteiger charge is 2.32. The number of hydrogen-bond donors (Lipinski definition) is 0. The van der Waals surface area contributed by atoms with Crippen LogP contribution in [0.2, 0.25) is 0 Å². The Bertz CT molecular complexity index is 503. The zero-order valence-electron chi connectivity index (χ0n) is 10.8. The van der Waals surface area contributed by atoms with E-state index in [0.717, 1.165) is 4.88 Å². The van der Waals surface area contributed by atoms with E-state index in [1.807, 2.05) is 0 Å². The van der Waals surface area contributed by atoms with E-state index in [0.29, 0.717) is 36.3 Å². The SMILES string of the molecule is CCOC(=O)c1nc(N2CC(CCl)CC2=O)sc1C. The fourth-order valence-electron chi connectivity index (χ4n) is 1.96. The van der Waals surface area contributed by atoms with Crippen LogP contribution in [0.15, 0.2) is 0 Å². The summed E-state index contributed by atoms with van der Waals surface area (Å²) in [5.74, 6) is 0.180. The predicted molar refractivity (Wildman–Crippen MR) is 74.0 cm³/mol. The molecular weight excluding hydrogens is 288 g/mol. The molecule has 0 aliphatic carbocycles. The molecule has 0 spiro atoms. The molecule has 0 saturated carbocycles. The molecule has 1 fully saturated rings. The molecule has 104 valence electrons. The first kappa shape index (κ1) is 14.3. The van der Waals surface area contributed by atoms with Crippen molar-refractivity contribution >= 4 is 39.9 Å². The van der Waals surface area contributed by atoms with E-state index in [2.05, 4.69) is 4.98 Å². The summed E-state index contributed by atoms with van der Waals surface area (Å²) < 4.78 is 4.93. The zero-order valence-corrected chi connectivity index (χ0v) is 12.4. The highest BCUT2D eigenvalue weighted by atomic mass is 35.5. The summed E-state index contributed by atoms with van der Waals surface area (Å²) in [5.41, 5.74) is 0.295. The van der Waals surface area contributed by atoms with Crippen molar-refractivity contribution in [2.45, 2.75) is 20.3 Å². The average molecular weight is 303 g/mol. The largest absolute Gasteiger partial charge is 0.461 e. The van der Waals surface area contributed by atoms with Crippen molar-refractivity contribution in [3.63, 3.8) is 0 Å². The molecule has 0 N–H and O–H groups in total. The van der Waals surface area contributed by atoms with E-state index in [9.17, 15) is 9.59 Å². The maximum absolute atomic E-state index is 11.9. The van der Waals surface area contributed by atoms with Gasteiger partial charge in [-0.25, -0.2) is 9.78 Å². The normalized spacial score (nSPS) is 19.0. The van der Waals surface area contributed by atoms with Crippen molar-refractivity contribution in [2.75, 3.05) is 23.9 Å². The molecule has 1 amide bonds. The van der Waals surface area contributed by atoms with E-state index in [4.69, 9.17) is 16.3 Å². The third-order valence-corrected chi connectivity index (χ3v) is 4.34. The summed E-state index contributed by atoms with van der Waals surface area (Å²) in [6.07, 6.45) is 0.441. The first-order chi connectivity index (χ1) is 9.06. The topological polar surface area (TPSA) is 59.5 Å². The lowest BCUT2D eigenvalue weighted by atomic mass is 10.2. The van der Waals surface area contributed by atoms with E-state index < -0.39 is 5.97 Å². The number of ether oxygens (including phenoxy) is 1. The highest BCUT2D eigenvalue weighted by Crippen LogP contribution is 2.31. The maximum atomic E-state index is 11.9. The van der Waals surface area contributed by atoms with Crippen LogP contribution >= 0.6 is 22.9 Å². The van der Waals surface area contributed by atoms with E-state index in [1.165, 1.54) is 11.3 Å². The number of carbonyl (C=O) groups excluding carboxylic acids is 2. The van der Waals surface area contributed by atoms with Gasteiger partial charge in [0.1, 0.15) is 0 Å². The molecule has 0 bridgehead atoms. The lowest BCUT2D eigenvalue weighted by molar-refractivity contribution is -0.117. The van der Waals surface area contributed by atoms with Gasteiger partial charge >= 0.3 is 5.97 Å². The maximum Gasteiger partial charge on any atom is 0.358 e. The summed E-state index contributed by atoms with van der Waals surface area (Å²) in [6.45, 7) is 4.42. The number of anilines is 1. The van der Waals surface area contributed by atoms with Gasteiger partial charge < -0.3 is 4.74 Å². The predicted octanol–water partition coefficient (Wildman–Crippen LogP) is 2.22. The van der Waals surface area contributed by atoms with Gasteiger partial charge in [-0.3, -0.25) is 9.69 Å². The number of amides is 1. The number of esters is 1. The van der Waals surface area contributed by atoms with Gasteiger partial charge in [-0.1, -0.05) is 0 Å². The molecule has 1 atom stereocenters. The van der Waals surface area contributed by atoms with E-state index >= 15 is 0 Å². The Morgan fingerprint density at radius 1 is 1.63 bits per heavy atom. The Morgan fingerprint density at radius 3 is 2.95 bits per heavy atom. The van der Waals surface area contributed by atoms with Crippen LogP contribution in [-0.4, -0.2) is 35.9 Å². The molecule has 0 radical (unpaired) electrons. The summed E-state index contributed by atoms with van der Waals surface area (Å²) >= 11 is 7.12. The van der Waals surface area contributed by atoms with Gasteiger partial charge in [-0.2, -0.15) is 0 Å². The second-order valence-electron chi connectivity index (χ2n) is 4.35. The molecule has 1 aliphatic heterocycles. The first-order valence-corrected chi connectivity index (χ1v) is 7.42. The van der Waals surface area contributed by atoms with Gasteiger partial charge in [0, 0.05) is 23.7 Å². The number of rotatable bonds is 4. The van der Waals surface area contributed by atoms with Crippen LogP contribution in [0.1, 0.15) is 28.7 Å². The van der Waals surface area contributed by atoms with Crippen molar-refractivity contribution < 1.29 is 14.3 Å². The van der Waals surface area contributed by atoms with E-state index in [1.54, 1.807) is 18.7 Å². The van der Waals surface area contributed by atoms with Gasteiger partial charge in [-0.15, -0.1) is 22.9 Å². The number of aromatic nitrogens is 1. The summed E-state index contributed by atoms with van der Waals surface area (Å²) in [6, 6.07) is 0. The molecule has 1 aromatic heterocycles. The molecule has 2 rings (SSSR count). The summed E-state index contributed by atoms with van der Waals surface area (Å²) in [5, 5.41) is 0.554. The van der Waals surface area contributed by atoms with Crippen LogP contribution in [0, 0.1) is 12.8 Å². The number of alkyl halides is 1. The van der Waals surface area contributed by atoms with Crippen LogP contribution in [0.3, 0.4) is 0 Å². The van der Waals surface area contributed by atoms with Crippen LogP contribution in [0.25, 0.3) is 0 Å². The minimum absolute atomic E-state index is 0.00908. The van der Waals surface area contributed by atoms with Crippen molar-refractivity contribution in [1.29, 1.82) is 0 Å². The lowest BCUT2D eigenvalue weighted by Crippen LogP contribution is -2.24. The summed E-state index contributed by atoms with van der Waals surface area (Å²) in [4.78, 5) is 30.2. The van der Waals surface area contributed by atoms with Gasteiger partial charge in [0.2, 0.25) is 5.91 Å². The second-order valence-corrected chi connectivity index (χ2v) is 5.84. The number of aryl methyl sites for hydroxylation is 1. The quantitative estimate of drug-likeness (QED) is 0.632. The molecule has 1 aliphatic rings. The van der Waals surface area contributed by atoms with E-state index in [-0.39, 0.29) is 11.8 Å².